The monoisotopic (exact) mass is 352 g/mol. The molecule has 3 nitrogen and oxygen atoms in total. The molecule has 3 rings (SSSR count). The summed E-state index contributed by atoms with van der Waals surface area (Å²) >= 11 is 6.44. The van der Waals surface area contributed by atoms with Crippen LogP contribution in [0.5, 0.6) is 0 Å². The van der Waals surface area contributed by atoms with Crippen LogP contribution in [0.3, 0.4) is 0 Å². The molecule has 0 bridgehead atoms. The summed E-state index contributed by atoms with van der Waals surface area (Å²) in [5.41, 5.74) is 4.37. The average Bonchev–Trinajstić information content (AvgIpc) is 2.93. The summed E-state index contributed by atoms with van der Waals surface area (Å²) in [4.78, 5) is 12.6. The van der Waals surface area contributed by atoms with E-state index in [1.165, 1.54) is 0 Å². The predicted molar refractivity (Wildman–Crippen MR) is 104 cm³/mol. The lowest BCUT2D eigenvalue weighted by Gasteiger charge is -2.14. The van der Waals surface area contributed by atoms with Crippen LogP contribution in [-0.2, 0) is 0 Å². The normalized spacial score (nSPS) is 10.9. The standard InChI is InChI=1S/C21H21ClN2O/c1-14(2)23-21(25)17-13-20(16-9-5-4-6-10-16)24(15(17)3)19-12-8-7-11-18(19)22/h4-14H,1-3H3,(H,23,25). The lowest BCUT2D eigenvalue weighted by Crippen LogP contribution is -2.30. The molecule has 25 heavy (non-hydrogen) atoms. The number of hydrogen-bond acceptors (Lipinski definition) is 1. The van der Waals surface area contributed by atoms with Crippen molar-refractivity contribution in [2.24, 2.45) is 0 Å². The van der Waals surface area contributed by atoms with Crippen LogP contribution >= 0.6 is 11.6 Å². The molecule has 0 radical (unpaired) electrons. The van der Waals surface area contributed by atoms with Gasteiger partial charge in [-0.2, -0.15) is 0 Å². The fraction of sp³-hybridized carbons (Fsp3) is 0.190. The number of carbonyl (C=O) groups excluding carboxylic acids is 1. The van der Waals surface area contributed by atoms with Crippen molar-refractivity contribution in [1.82, 2.24) is 9.88 Å². The number of hydrogen-bond donors (Lipinski definition) is 1. The van der Waals surface area contributed by atoms with Crippen LogP contribution in [0.25, 0.3) is 16.9 Å². The highest BCUT2D eigenvalue weighted by atomic mass is 35.5. The fourth-order valence-electron chi connectivity index (χ4n) is 2.94. The van der Waals surface area contributed by atoms with Gasteiger partial charge in [0.15, 0.2) is 0 Å². The molecule has 0 saturated heterocycles. The first-order valence-corrected chi connectivity index (χ1v) is 8.70. The number of aromatic nitrogens is 1. The number of amides is 1. The first-order valence-electron chi connectivity index (χ1n) is 8.32. The van der Waals surface area contributed by atoms with Gasteiger partial charge in [-0.05, 0) is 44.5 Å². The van der Waals surface area contributed by atoms with E-state index in [1.54, 1.807) is 0 Å². The van der Waals surface area contributed by atoms with E-state index in [0.29, 0.717) is 10.6 Å². The molecule has 4 heteroatoms. The van der Waals surface area contributed by atoms with Crippen molar-refractivity contribution in [3.05, 3.63) is 76.9 Å². The Labute approximate surface area is 153 Å². The zero-order valence-corrected chi connectivity index (χ0v) is 15.3. The van der Waals surface area contributed by atoms with Crippen LogP contribution in [0.2, 0.25) is 5.02 Å². The van der Waals surface area contributed by atoms with Gasteiger partial charge in [0.1, 0.15) is 0 Å². The van der Waals surface area contributed by atoms with Gasteiger partial charge in [0.25, 0.3) is 5.91 Å². The molecule has 128 valence electrons. The lowest BCUT2D eigenvalue weighted by atomic mass is 10.1. The molecule has 0 saturated carbocycles. The Bertz CT molecular complexity index is 898. The minimum atomic E-state index is -0.0736. The first kappa shape index (κ1) is 17.3. The van der Waals surface area contributed by atoms with Gasteiger partial charge >= 0.3 is 0 Å². The SMILES string of the molecule is Cc1c(C(=O)NC(C)C)cc(-c2ccccc2)n1-c1ccccc1Cl. The van der Waals surface area contributed by atoms with Gasteiger partial charge in [-0.3, -0.25) is 4.79 Å². The number of benzene rings is 2. The zero-order valence-electron chi connectivity index (χ0n) is 14.6. The van der Waals surface area contributed by atoms with Crippen molar-refractivity contribution in [3.63, 3.8) is 0 Å². The molecule has 0 unspecified atom stereocenters. The summed E-state index contributed by atoms with van der Waals surface area (Å²) in [6.45, 7) is 5.86. The predicted octanol–water partition coefficient (Wildman–Crippen LogP) is 5.24. The second-order valence-corrected chi connectivity index (χ2v) is 6.72. The van der Waals surface area contributed by atoms with Gasteiger partial charge in [-0.15, -0.1) is 0 Å². The number of carbonyl (C=O) groups is 1. The van der Waals surface area contributed by atoms with Crippen molar-refractivity contribution >= 4 is 17.5 Å². The summed E-state index contributed by atoms with van der Waals surface area (Å²) in [6.07, 6.45) is 0. The summed E-state index contributed by atoms with van der Waals surface area (Å²) < 4.78 is 2.05. The van der Waals surface area contributed by atoms with Gasteiger partial charge in [-0.1, -0.05) is 54.1 Å². The third-order valence-electron chi connectivity index (χ3n) is 4.07. The number of nitrogens with one attached hydrogen (secondary N) is 1. The molecular weight excluding hydrogens is 332 g/mol. The molecule has 0 atom stereocenters. The Morgan fingerprint density at radius 2 is 1.68 bits per heavy atom. The number of nitrogens with zero attached hydrogens (tertiary/aromatic N) is 1. The molecule has 0 aliphatic heterocycles. The molecule has 0 aliphatic rings. The molecule has 1 heterocycles. The maximum Gasteiger partial charge on any atom is 0.253 e. The lowest BCUT2D eigenvalue weighted by molar-refractivity contribution is 0.0942. The van der Waals surface area contributed by atoms with Crippen LogP contribution in [-0.4, -0.2) is 16.5 Å². The van der Waals surface area contributed by atoms with Crippen LogP contribution in [0.1, 0.15) is 29.9 Å². The van der Waals surface area contributed by atoms with E-state index in [-0.39, 0.29) is 11.9 Å². The third kappa shape index (κ3) is 3.47. The van der Waals surface area contributed by atoms with E-state index in [4.69, 9.17) is 11.6 Å². The second-order valence-electron chi connectivity index (χ2n) is 6.31. The third-order valence-corrected chi connectivity index (χ3v) is 4.39. The van der Waals surface area contributed by atoms with E-state index < -0.39 is 0 Å². The highest BCUT2D eigenvalue weighted by Crippen LogP contribution is 2.32. The summed E-state index contributed by atoms with van der Waals surface area (Å²) in [5, 5.41) is 3.62. The molecule has 3 aromatic rings. The van der Waals surface area contributed by atoms with Crippen molar-refractivity contribution < 1.29 is 4.79 Å². The molecule has 1 N–H and O–H groups in total. The molecule has 0 spiro atoms. The van der Waals surface area contributed by atoms with Crippen LogP contribution in [0, 0.1) is 6.92 Å². The van der Waals surface area contributed by atoms with Gasteiger partial charge in [0, 0.05) is 11.7 Å². The smallest absolute Gasteiger partial charge is 0.253 e. The zero-order chi connectivity index (χ0) is 18.0. The van der Waals surface area contributed by atoms with E-state index in [1.807, 2.05) is 86.0 Å². The van der Waals surface area contributed by atoms with Gasteiger partial charge < -0.3 is 9.88 Å². The topological polar surface area (TPSA) is 34.0 Å². The van der Waals surface area contributed by atoms with Gasteiger partial charge in [-0.25, -0.2) is 0 Å². The van der Waals surface area contributed by atoms with Crippen molar-refractivity contribution in [2.75, 3.05) is 0 Å². The molecular formula is C21H21ClN2O. The quantitative estimate of drug-likeness (QED) is 0.684. The van der Waals surface area contributed by atoms with E-state index in [0.717, 1.165) is 22.6 Å². The molecule has 2 aromatic carbocycles. The number of rotatable bonds is 4. The Morgan fingerprint density at radius 1 is 1.04 bits per heavy atom. The first-order chi connectivity index (χ1) is 12.0. The minimum Gasteiger partial charge on any atom is -0.350 e. The number of para-hydroxylation sites is 1. The Morgan fingerprint density at radius 3 is 2.32 bits per heavy atom. The van der Waals surface area contributed by atoms with E-state index in [2.05, 4.69) is 5.32 Å². The van der Waals surface area contributed by atoms with Crippen LogP contribution < -0.4 is 5.32 Å². The van der Waals surface area contributed by atoms with Crippen molar-refractivity contribution in [2.45, 2.75) is 26.8 Å². The highest BCUT2D eigenvalue weighted by Gasteiger charge is 2.20. The van der Waals surface area contributed by atoms with Crippen molar-refractivity contribution in [1.29, 1.82) is 0 Å². The summed E-state index contributed by atoms with van der Waals surface area (Å²) in [6, 6.07) is 19.7. The maximum atomic E-state index is 12.6. The average molecular weight is 353 g/mol. The number of halogens is 1. The fourth-order valence-corrected chi connectivity index (χ4v) is 3.16. The molecule has 0 aliphatic carbocycles. The van der Waals surface area contributed by atoms with Crippen LogP contribution in [0.15, 0.2) is 60.7 Å². The molecule has 1 aromatic heterocycles. The van der Waals surface area contributed by atoms with Crippen molar-refractivity contribution in [3.8, 4) is 16.9 Å². The Balaban J connectivity index is 2.23. The van der Waals surface area contributed by atoms with Gasteiger partial charge in [0.2, 0.25) is 0 Å². The van der Waals surface area contributed by atoms with Crippen LogP contribution in [0.4, 0.5) is 0 Å². The summed E-state index contributed by atoms with van der Waals surface area (Å²) in [5.74, 6) is -0.0736. The second kappa shape index (κ2) is 7.16. The van der Waals surface area contributed by atoms with E-state index >= 15 is 0 Å². The molecule has 1 amide bonds. The summed E-state index contributed by atoms with van der Waals surface area (Å²) in [7, 11) is 0. The largest absolute Gasteiger partial charge is 0.350 e. The Hall–Kier alpha value is -2.52. The van der Waals surface area contributed by atoms with E-state index in [9.17, 15) is 4.79 Å². The Kier molecular flexibility index (Phi) is 4.95. The minimum absolute atomic E-state index is 0.0736. The maximum absolute atomic E-state index is 12.6. The molecule has 0 fully saturated rings. The van der Waals surface area contributed by atoms with Gasteiger partial charge in [0.05, 0.1) is 22.0 Å². The highest BCUT2D eigenvalue weighted by molar-refractivity contribution is 6.32.